The zero-order valence-electron chi connectivity index (χ0n) is 30.0. The molecule has 0 aromatic rings. The molecule has 5 heterocycles. The zero-order valence-corrected chi connectivity index (χ0v) is 30.0. The van der Waals surface area contributed by atoms with Crippen molar-refractivity contribution in [3.63, 3.8) is 0 Å². The SMILES string of the molecule is CC[C@@]1([C@@H]2O[C@@H]([C@H]3O[C@@](O)(CO)[C@H](C)C[C@@H]3C)C[C@@H]2C)CC[C@H]([C@]2(C)CCC3(C[C@H](O)[C@@H](C)[C@@H]([C@H](C)[C@H](OC)[C@H](C)C(=O)O)O3)O2)O1. The molecule has 0 amide bonds. The quantitative estimate of drug-likeness (QED) is 0.264. The third kappa shape index (κ3) is 6.67. The van der Waals surface area contributed by atoms with Crippen molar-refractivity contribution < 1.29 is 53.6 Å². The summed E-state index contributed by atoms with van der Waals surface area (Å²) in [5.41, 5.74) is -1.15. The number of hydrogen-bond acceptors (Lipinski definition) is 10. The highest BCUT2D eigenvalue weighted by Crippen LogP contribution is 2.55. The number of ether oxygens (including phenoxy) is 6. The Hall–Kier alpha value is -0.890. The number of carboxylic acids is 1. The largest absolute Gasteiger partial charge is 0.481 e. The lowest BCUT2D eigenvalue weighted by molar-refractivity contribution is -0.336. The Bertz CT molecular complexity index is 1110. The molecule has 11 nitrogen and oxygen atoms in total. The van der Waals surface area contributed by atoms with E-state index >= 15 is 0 Å². The van der Waals surface area contributed by atoms with Gasteiger partial charge in [-0.1, -0.05) is 41.5 Å². The minimum absolute atomic E-state index is 0.153. The normalized spacial score (nSPS) is 50.9. The second-order valence-corrected chi connectivity index (χ2v) is 16.3. The van der Waals surface area contributed by atoms with Gasteiger partial charge < -0.3 is 48.8 Å². The predicted molar refractivity (Wildman–Crippen MR) is 172 cm³/mol. The first kappa shape index (κ1) is 37.4. The van der Waals surface area contributed by atoms with E-state index in [1.807, 2.05) is 20.8 Å². The Morgan fingerprint density at radius 1 is 1.02 bits per heavy atom. The number of carboxylic acid groups (broad SMARTS) is 1. The smallest absolute Gasteiger partial charge is 0.308 e. The number of methoxy groups -OCH3 is 1. The van der Waals surface area contributed by atoms with Gasteiger partial charge in [0.25, 0.3) is 0 Å². The maximum absolute atomic E-state index is 11.8. The molecule has 0 saturated carbocycles. The van der Waals surface area contributed by atoms with Crippen LogP contribution in [0.15, 0.2) is 0 Å². The van der Waals surface area contributed by atoms with E-state index in [1.165, 1.54) is 7.11 Å². The van der Waals surface area contributed by atoms with Crippen LogP contribution in [0, 0.1) is 35.5 Å². The lowest BCUT2D eigenvalue weighted by Gasteiger charge is -2.49. The fourth-order valence-corrected chi connectivity index (χ4v) is 9.91. The molecule has 0 aliphatic carbocycles. The van der Waals surface area contributed by atoms with Crippen LogP contribution in [0.3, 0.4) is 0 Å². The first-order chi connectivity index (χ1) is 22.0. The van der Waals surface area contributed by atoms with E-state index in [4.69, 9.17) is 28.4 Å². The van der Waals surface area contributed by atoms with E-state index in [0.717, 1.165) is 32.1 Å². The fraction of sp³-hybridized carbons (Fsp3) is 0.972. The molecule has 4 N–H and O–H groups in total. The Labute approximate surface area is 281 Å². The minimum atomic E-state index is -1.56. The summed E-state index contributed by atoms with van der Waals surface area (Å²) >= 11 is 0. The van der Waals surface area contributed by atoms with Crippen molar-refractivity contribution in [1.82, 2.24) is 0 Å². The van der Waals surface area contributed by atoms with Gasteiger partial charge in [-0.3, -0.25) is 4.79 Å². The Balaban J connectivity index is 1.29. The Kier molecular flexibility index (Phi) is 10.9. The van der Waals surface area contributed by atoms with Gasteiger partial charge in [0.2, 0.25) is 0 Å². The Morgan fingerprint density at radius 3 is 2.34 bits per heavy atom. The summed E-state index contributed by atoms with van der Waals surface area (Å²) in [7, 11) is 1.52. The van der Waals surface area contributed by atoms with E-state index in [2.05, 4.69) is 27.7 Å². The summed E-state index contributed by atoms with van der Waals surface area (Å²) in [6, 6.07) is 0. The van der Waals surface area contributed by atoms with Crippen LogP contribution in [0.25, 0.3) is 0 Å². The van der Waals surface area contributed by atoms with E-state index in [9.17, 15) is 25.2 Å². The molecule has 17 atom stereocenters. The summed E-state index contributed by atoms with van der Waals surface area (Å²) < 4.78 is 39.4. The first-order valence-corrected chi connectivity index (χ1v) is 18.1. The van der Waals surface area contributed by atoms with Crippen LogP contribution >= 0.6 is 0 Å². The van der Waals surface area contributed by atoms with Crippen molar-refractivity contribution >= 4 is 5.97 Å². The molecule has 5 rings (SSSR count). The van der Waals surface area contributed by atoms with Crippen LogP contribution in [-0.2, 0) is 33.2 Å². The van der Waals surface area contributed by atoms with Gasteiger partial charge in [-0.25, -0.2) is 0 Å². The third-order valence-corrected chi connectivity index (χ3v) is 13.0. The lowest BCUT2D eigenvalue weighted by Crippen LogP contribution is -2.57. The molecule has 1 unspecified atom stereocenters. The molecule has 11 heteroatoms. The topological polar surface area (TPSA) is 153 Å². The maximum atomic E-state index is 11.8. The number of aliphatic hydroxyl groups is 3. The molecule has 5 aliphatic rings. The average Bonchev–Trinajstić information content (AvgIpc) is 3.73. The minimum Gasteiger partial charge on any atom is -0.481 e. The number of hydrogen-bond donors (Lipinski definition) is 4. The molecule has 0 aromatic heterocycles. The second kappa shape index (κ2) is 13.7. The van der Waals surface area contributed by atoms with Crippen LogP contribution in [0.5, 0.6) is 0 Å². The van der Waals surface area contributed by atoms with Crippen LogP contribution in [0.2, 0.25) is 0 Å². The van der Waals surface area contributed by atoms with Crippen LogP contribution in [-0.4, -0.2) is 106 Å². The highest BCUT2D eigenvalue weighted by molar-refractivity contribution is 5.70. The molecule has 0 bridgehead atoms. The summed E-state index contributed by atoms with van der Waals surface area (Å²) in [6.45, 7) is 15.6. The fourth-order valence-electron chi connectivity index (χ4n) is 9.91. The molecular weight excluding hydrogens is 608 g/mol. The third-order valence-electron chi connectivity index (χ3n) is 13.0. The molecule has 1 spiro atoms. The van der Waals surface area contributed by atoms with E-state index in [-0.39, 0.29) is 54.0 Å². The van der Waals surface area contributed by atoms with Crippen molar-refractivity contribution in [2.24, 2.45) is 35.5 Å². The molecule has 5 saturated heterocycles. The van der Waals surface area contributed by atoms with E-state index in [0.29, 0.717) is 19.3 Å². The standard InChI is InChI=1S/C36H62O11/c1-10-34(31-20(3)16-26(43-31)28-19(2)15-21(4)36(41,18-37)46-28)12-11-27(44-34)33(8)13-14-35(47-33)17-25(38)22(5)30(45-35)23(6)29(42-9)24(7)32(39)40/h19-31,37-38,41H,10-18H2,1-9H3,(H,39,40)/t19-,20-,21+,22+,23+,24-,25-,26+,27+,28-,29-,30-,31+,33-,34-,35?,36-/m0/s1. The van der Waals surface area contributed by atoms with Gasteiger partial charge in [0.15, 0.2) is 11.6 Å². The average molecular weight is 671 g/mol. The van der Waals surface area contributed by atoms with Gasteiger partial charge in [0.05, 0.1) is 66.5 Å². The van der Waals surface area contributed by atoms with Gasteiger partial charge in [-0.05, 0) is 64.2 Å². The van der Waals surface area contributed by atoms with Crippen molar-refractivity contribution in [3.05, 3.63) is 0 Å². The van der Waals surface area contributed by atoms with Crippen molar-refractivity contribution in [2.45, 2.75) is 172 Å². The van der Waals surface area contributed by atoms with Gasteiger partial charge in [-0.2, -0.15) is 0 Å². The molecule has 47 heavy (non-hydrogen) atoms. The number of aliphatic carboxylic acids is 1. The summed E-state index contributed by atoms with van der Waals surface area (Å²) in [5.74, 6) is -4.52. The zero-order chi connectivity index (χ0) is 34.7. The molecule has 0 aromatic carbocycles. The van der Waals surface area contributed by atoms with Gasteiger partial charge >= 0.3 is 5.97 Å². The number of aliphatic hydroxyl groups excluding tert-OH is 2. The monoisotopic (exact) mass is 670 g/mol. The maximum Gasteiger partial charge on any atom is 0.308 e. The molecule has 0 radical (unpaired) electrons. The predicted octanol–water partition coefficient (Wildman–Crippen LogP) is 4.27. The molecule has 272 valence electrons. The van der Waals surface area contributed by atoms with Crippen molar-refractivity contribution in [3.8, 4) is 0 Å². The number of carbonyl (C=O) groups is 1. The van der Waals surface area contributed by atoms with E-state index in [1.54, 1.807) is 6.92 Å². The van der Waals surface area contributed by atoms with Crippen LogP contribution in [0.4, 0.5) is 0 Å². The summed E-state index contributed by atoms with van der Waals surface area (Å²) in [4.78, 5) is 11.8. The summed E-state index contributed by atoms with van der Waals surface area (Å²) in [5, 5.41) is 41.8. The van der Waals surface area contributed by atoms with Gasteiger partial charge in [0, 0.05) is 37.7 Å². The highest BCUT2D eigenvalue weighted by atomic mass is 16.7. The molecule has 5 fully saturated rings. The van der Waals surface area contributed by atoms with Crippen molar-refractivity contribution in [2.75, 3.05) is 13.7 Å². The molecular formula is C36H62O11. The van der Waals surface area contributed by atoms with Crippen LogP contribution in [0.1, 0.15) is 107 Å². The first-order valence-electron chi connectivity index (χ1n) is 18.1. The Morgan fingerprint density at radius 2 is 1.72 bits per heavy atom. The number of rotatable bonds is 10. The van der Waals surface area contributed by atoms with Crippen molar-refractivity contribution in [1.29, 1.82) is 0 Å². The second-order valence-electron chi connectivity index (χ2n) is 16.3. The highest BCUT2D eigenvalue weighted by Gasteiger charge is 2.62. The lowest BCUT2D eigenvalue weighted by atomic mass is 9.78. The van der Waals surface area contributed by atoms with Gasteiger partial charge in [0.1, 0.15) is 0 Å². The van der Waals surface area contributed by atoms with E-state index < -0.39 is 59.6 Å². The van der Waals surface area contributed by atoms with Gasteiger partial charge in [-0.15, -0.1) is 0 Å². The van der Waals surface area contributed by atoms with Crippen LogP contribution < -0.4 is 0 Å². The molecule has 5 aliphatic heterocycles. The summed E-state index contributed by atoms with van der Waals surface area (Å²) in [6.07, 6.45) is 2.99.